The second kappa shape index (κ2) is 6.32. The van der Waals surface area contributed by atoms with Crippen molar-refractivity contribution in [1.29, 1.82) is 0 Å². The number of rotatable bonds is 6. The molecule has 0 aromatic heterocycles. The summed E-state index contributed by atoms with van der Waals surface area (Å²) in [4.78, 5) is 0. The lowest BCUT2D eigenvalue weighted by Gasteiger charge is -2.11. The largest absolute Gasteiger partial charge is 0.371 e. The van der Waals surface area contributed by atoms with Gasteiger partial charge in [0.25, 0.3) is 0 Å². The number of nitrogens with one attached hydrogen (secondary N) is 2. The molecule has 0 saturated carbocycles. The molecule has 0 fully saturated rings. The molecule has 0 aliphatic carbocycles. The minimum absolute atomic E-state index is 0.590. The molecule has 0 atom stereocenters. The van der Waals surface area contributed by atoms with Crippen LogP contribution in [0.1, 0.15) is 5.56 Å². The van der Waals surface area contributed by atoms with Crippen molar-refractivity contribution in [2.45, 2.75) is 6.54 Å². The van der Waals surface area contributed by atoms with E-state index in [0.717, 1.165) is 16.4 Å². The first-order valence-electron chi connectivity index (χ1n) is 4.84. The van der Waals surface area contributed by atoms with Crippen LogP contribution in [-0.2, 0) is 6.54 Å². The van der Waals surface area contributed by atoms with E-state index in [1.54, 1.807) is 0 Å². The molecule has 0 aliphatic rings. The Morgan fingerprint density at radius 3 is 2.73 bits per heavy atom. The summed E-state index contributed by atoms with van der Waals surface area (Å²) in [5.74, 6) is 0.764. The van der Waals surface area contributed by atoms with Crippen LogP contribution in [0.3, 0.4) is 0 Å². The molecule has 0 spiro atoms. The molecule has 4 heteroatoms. The van der Waals surface area contributed by atoms with E-state index in [1.807, 2.05) is 24.3 Å². The van der Waals surface area contributed by atoms with Crippen LogP contribution in [0.15, 0.2) is 36.7 Å². The van der Waals surface area contributed by atoms with Gasteiger partial charge in [-0.1, -0.05) is 36.4 Å². The lowest BCUT2D eigenvalue weighted by molar-refractivity contribution is 0.687. The maximum atomic E-state index is 6.00. The maximum Gasteiger partial charge on any atom is 0.0915 e. The third kappa shape index (κ3) is 4.23. The fourth-order valence-corrected chi connectivity index (χ4v) is 1.33. The first-order chi connectivity index (χ1) is 7.24. The first-order valence-corrected chi connectivity index (χ1v) is 5.22. The second-order valence-corrected chi connectivity index (χ2v) is 3.55. The van der Waals surface area contributed by atoms with Crippen molar-refractivity contribution in [3.05, 3.63) is 47.3 Å². The van der Waals surface area contributed by atoms with Gasteiger partial charge in [-0.15, -0.1) is 0 Å². The highest BCUT2D eigenvalue weighted by Gasteiger charge is 1.98. The predicted octanol–water partition coefficient (Wildman–Crippen LogP) is 1.45. The van der Waals surface area contributed by atoms with Crippen molar-refractivity contribution in [3.63, 3.8) is 0 Å². The highest BCUT2D eigenvalue weighted by Crippen LogP contribution is 2.14. The summed E-state index contributed by atoms with van der Waals surface area (Å²) in [6, 6.07) is 7.71. The Kier molecular flexibility index (Phi) is 5.01. The molecule has 1 aromatic carbocycles. The second-order valence-electron chi connectivity index (χ2n) is 3.14. The molecule has 15 heavy (non-hydrogen) atoms. The fraction of sp³-hybridized carbons (Fsp3) is 0.273. The minimum Gasteiger partial charge on any atom is -0.371 e. The Balaban J connectivity index is 2.37. The number of hydrogen-bond donors (Lipinski definition) is 3. The van der Waals surface area contributed by atoms with E-state index in [1.165, 1.54) is 0 Å². The Morgan fingerprint density at radius 2 is 2.07 bits per heavy atom. The van der Waals surface area contributed by atoms with Gasteiger partial charge in [-0.25, -0.2) is 0 Å². The van der Waals surface area contributed by atoms with E-state index in [-0.39, 0.29) is 0 Å². The minimum atomic E-state index is 0.590. The van der Waals surface area contributed by atoms with E-state index in [0.29, 0.717) is 19.6 Å². The van der Waals surface area contributed by atoms with Crippen LogP contribution in [0.2, 0.25) is 5.02 Å². The molecule has 0 heterocycles. The zero-order chi connectivity index (χ0) is 11.1. The van der Waals surface area contributed by atoms with Gasteiger partial charge in [-0.3, -0.25) is 0 Å². The third-order valence-electron chi connectivity index (χ3n) is 1.93. The summed E-state index contributed by atoms with van der Waals surface area (Å²) in [5, 5.41) is 6.94. The van der Waals surface area contributed by atoms with Gasteiger partial charge in [-0.2, -0.15) is 0 Å². The maximum absolute atomic E-state index is 6.00. The molecule has 0 bridgehead atoms. The topological polar surface area (TPSA) is 50.1 Å². The van der Waals surface area contributed by atoms with Crippen LogP contribution < -0.4 is 16.4 Å². The Hall–Kier alpha value is -1.19. The van der Waals surface area contributed by atoms with Gasteiger partial charge in [0.05, 0.1) is 5.82 Å². The van der Waals surface area contributed by atoms with Crippen LogP contribution >= 0.6 is 11.6 Å². The smallest absolute Gasteiger partial charge is 0.0915 e. The lowest BCUT2D eigenvalue weighted by Crippen LogP contribution is -2.29. The summed E-state index contributed by atoms with van der Waals surface area (Å²) in [6.07, 6.45) is 0. The van der Waals surface area contributed by atoms with E-state index < -0.39 is 0 Å². The van der Waals surface area contributed by atoms with Crippen molar-refractivity contribution < 1.29 is 0 Å². The zero-order valence-electron chi connectivity index (χ0n) is 8.59. The highest BCUT2D eigenvalue weighted by atomic mass is 35.5. The van der Waals surface area contributed by atoms with Crippen molar-refractivity contribution in [1.82, 2.24) is 10.6 Å². The van der Waals surface area contributed by atoms with E-state index >= 15 is 0 Å². The average Bonchev–Trinajstić information content (AvgIpc) is 2.25. The Morgan fingerprint density at radius 1 is 1.33 bits per heavy atom. The van der Waals surface area contributed by atoms with E-state index in [2.05, 4.69) is 17.2 Å². The number of halogens is 1. The summed E-state index contributed by atoms with van der Waals surface area (Å²) >= 11 is 6.00. The normalized spacial score (nSPS) is 9.73. The van der Waals surface area contributed by atoms with Crippen LogP contribution in [-0.4, -0.2) is 13.1 Å². The van der Waals surface area contributed by atoms with Gasteiger partial charge in [-0.05, 0) is 11.6 Å². The molecule has 4 N–H and O–H groups in total. The molecule has 3 nitrogen and oxygen atoms in total. The zero-order valence-corrected chi connectivity index (χ0v) is 9.35. The molecular formula is C11H16ClN3. The van der Waals surface area contributed by atoms with Gasteiger partial charge in [0.1, 0.15) is 0 Å². The van der Waals surface area contributed by atoms with Crippen molar-refractivity contribution >= 4 is 11.6 Å². The quantitative estimate of drug-likeness (QED) is 0.687. The third-order valence-corrected chi connectivity index (χ3v) is 2.30. The van der Waals surface area contributed by atoms with Gasteiger partial charge >= 0.3 is 0 Å². The van der Waals surface area contributed by atoms with Crippen LogP contribution in [0.5, 0.6) is 0 Å². The van der Waals surface area contributed by atoms with Gasteiger partial charge in [0.15, 0.2) is 0 Å². The molecule has 0 amide bonds. The summed E-state index contributed by atoms with van der Waals surface area (Å²) in [6.45, 7) is 5.79. The fourth-order valence-electron chi connectivity index (χ4n) is 1.13. The summed E-state index contributed by atoms with van der Waals surface area (Å²) in [7, 11) is 0. The number of benzene rings is 1. The molecule has 0 aliphatic heterocycles. The van der Waals surface area contributed by atoms with E-state index in [4.69, 9.17) is 17.3 Å². The molecular weight excluding hydrogens is 210 g/mol. The number of hydrogen-bond acceptors (Lipinski definition) is 3. The molecule has 0 unspecified atom stereocenters. The molecule has 1 aromatic rings. The standard InChI is InChI=1S/C11H16ClN3/c1-9(14-7-6-13)15-8-10-4-2-3-5-11(10)12/h2-5,14-15H,1,6-8,13H2. The Bertz CT molecular complexity index is 325. The SMILES string of the molecule is C=C(NCCN)NCc1ccccc1Cl. The van der Waals surface area contributed by atoms with Crippen LogP contribution in [0, 0.1) is 0 Å². The van der Waals surface area contributed by atoms with Crippen LogP contribution in [0.25, 0.3) is 0 Å². The molecule has 82 valence electrons. The average molecular weight is 226 g/mol. The number of nitrogens with two attached hydrogens (primary N) is 1. The van der Waals surface area contributed by atoms with Gasteiger partial charge in [0.2, 0.25) is 0 Å². The van der Waals surface area contributed by atoms with Gasteiger partial charge < -0.3 is 16.4 Å². The molecule has 1 rings (SSSR count). The monoisotopic (exact) mass is 225 g/mol. The first kappa shape index (κ1) is 11.9. The molecule has 0 saturated heterocycles. The highest BCUT2D eigenvalue weighted by molar-refractivity contribution is 6.31. The van der Waals surface area contributed by atoms with Crippen LogP contribution in [0.4, 0.5) is 0 Å². The summed E-state index contributed by atoms with van der Waals surface area (Å²) in [5.41, 5.74) is 6.41. The predicted molar refractivity (Wildman–Crippen MR) is 64.5 cm³/mol. The van der Waals surface area contributed by atoms with Crippen molar-refractivity contribution in [3.8, 4) is 0 Å². The Labute approximate surface area is 95.3 Å². The lowest BCUT2D eigenvalue weighted by atomic mass is 10.2. The molecule has 0 radical (unpaired) electrons. The summed E-state index contributed by atoms with van der Waals surface area (Å²) < 4.78 is 0. The van der Waals surface area contributed by atoms with E-state index in [9.17, 15) is 0 Å². The van der Waals surface area contributed by atoms with Crippen molar-refractivity contribution in [2.24, 2.45) is 5.73 Å². The van der Waals surface area contributed by atoms with Crippen molar-refractivity contribution in [2.75, 3.05) is 13.1 Å². The van der Waals surface area contributed by atoms with Gasteiger partial charge in [0, 0.05) is 24.7 Å².